The van der Waals surface area contributed by atoms with Gasteiger partial charge in [-0.1, -0.05) is 0 Å². The third-order valence-corrected chi connectivity index (χ3v) is 1.50. The first kappa shape index (κ1) is 9.68. The maximum absolute atomic E-state index is 10.4. The molecular weight excluding hydrogens is 156 g/mol. The van der Waals surface area contributed by atoms with Crippen LogP contribution in [0.1, 0.15) is 0 Å². The summed E-state index contributed by atoms with van der Waals surface area (Å²) in [4.78, 5) is 10.4. The van der Waals surface area contributed by atoms with Gasteiger partial charge >= 0.3 is 0 Å². The molecule has 4 N–H and O–H groups in total. The minimum atomic E-state index is -0.515. The lowest BCUT2D eigenvalue weighted by Gasteiger charge is -2.29. The van der Waals surface area contributed by atoms with E-state index < -0.39 is 11.9 Å². The molecule has 1 aliphatic rings. The molecule has 0 aromatic rings. The minimum Gasteiger partial charge on any atom is -0.381 e. The third-order valence-electron chi connectivity index (χ3n) is 1.50. The van der Waals surface area contributed by atoms with Crippen molar-refractivity contribution >= 4 is 18.3 Å². The molecule has 1 unspecified atom stereocenters. The lowest BCUT2D eigenvalue weighted by atomic mass is 9.99. The van der Waals surface area contributed by atoms with Gasteiger partial charge in [0.05, 0.1) is 19.3 Å². The summed E-state index contributed by atoms with van der Waals surface area (Å²) < 4.78 is 4.82. The molecule has 0 radical (unpaired) electrons. The number of nitrogens with two attached hydrogens (primary N) is 2. The lowest BCUT2D eigenvalue weighted by molar-refractivity contribution is -0.125. The van der Waals surface area contributed by atoms with Crippen LogP contribution in [0.25, 0.3) is 0 Å². The van der Waals surface area contributed by atoms with Crippen LogP contribution < -0.4 is 11.5 Å². The highest BCUT2D eigenvalue weighted by Crippen LogP contribution is 2.12. The zero-order valence-corrected chi connectivity index (χ0v) is 6.26. The van der Waals surface area contributed by atoms with Crippen molar-refractivity contribution in [1.82, 2.24) is 0 Å². The van der Waals surface area contributed by atoms with E-state index in [1.807, 2.05) is 0 Å². The number of hydrogen-bond donors (Lipinski definition) is 2. The van der Waals surface area contributed by atoms with E-state index in [0.717, 1.165) is 0 Å². The molecule has 0 aromatic carbocycles. The Morgan fingerprint density at radius 1 is 1.60 bits per heavy atom. The number of ether oxygens (including phenoxy) is 1. The van der Waals surface area contributed by atoms with Crippen molar-refractivity contribution in [2.24, 2.45) is 17.4 Å². The second kappa shape index (κ2) is 3.75. The largest absolute Gasteiger partial charge is 0.381 e. The molecule has 0 aromatic heterocycles. The summed E-state index contributed by atoms with van der Waals surface area (Å²) in [5, 5.41) is 0. The highest BCUT2D eigenvalue weighted by Gasteiger charge is 2.28. The van der Waals surface area contributed by atoms with E-state index in [2.05, 4.69) is 0 Å². The van der Waals surface area contributed by atoms with Crippen LogP contribution in [0.15, 0.2) is 0 Å². The van der Waals surface area contributed by atoms with Crippen molar-refractivity contribution in [2.75, 3.05) is 13.2 Å². The molecule has 1 fully saturated rings. The first-order chi connectivity index (χ1) is 4.22. The van der Waals surface area contributed by atoms with Gasteiger partial charge in [-0.25, -0.2) is 0 Å². The van der Waals surface area contributed by atoms with Crippen LogP contribution in [-0.4, -0.2) is 25.2 Å². The fraction of sp³-hybridized carbons (Fsp3) is 0.800. The van der Waals surface area contributed by atoms with Crippen LogP contribution in [0.4, 0.5) is 0 Å². The molecule has 1 rings (SSSR count). The van der Waals surface area contributed by atoms with Gasteiger partial charge in [-0.05, 0) is 0 Å². The molecule has 0 saturated carbocycles. The van der Waals surface area contributed by atoms with Gasteiger partial charge in [0, 0.05) is 5.92 Å². The van der Waals surface area contributed by atoms with E-state index in [-0.39, 0.29) is 18.3 Å². The Kier molecular flexibility index (Phi) is 3.63. The molecule has 4 nitrogen and oxygen atoms in total. The maximum Gasteiger partial charge on any atom is 0.234 e. The topological polar surface area (TPSA) is 78.3 Å². The number of halogens is 1. The van der Waals surface area contributed by atoms with Gasteiger partial charge < -0.3 is 16.2 Å². The second-order valence-corrected chi connectivity index (χ2v) is 2.23. The molecule has 1 aliphatic heterocycles. The van der Waals surface area contributed by atoms with E-state index in [4.69, 9.17) is 16.2 Å². The van der Waals surface area contributed by atoms with Gasteiger partial charge in [-0.2, -0.15) is 0 Å². The molecule has 60 valence electrons. The molecule has 0 bridgehead atoms. The Labute approximate surface area is 65.3 Å². The van der Waals surface area contributed by atoms with E-state index >= 15 is 0 Å². The summed E-state index contributed by atoms with van der Waals surface area (Å²) in [5.74, 6) is -0.286. The highest BCUT2D eigenvalue weighted by atomic mass is 35.5. The Morgan fingerprint density at radius 2 is 2.10 bits per heavy atom. The van der Waals surface area contributed by atoms with Crippen LogP contribution in [0.5, 0.6) is 0 Å². The van der Waals surface area contributed by atoms with E-state index in [1.165, 1.54) is 0 Å². The summed E-state index contributed by atoms with van der Waals surface area (Å²) >= 11 is 0. The molecule has 1 atom stereocenters. The second-order valence-electron chi connectivity index (χ2n) is 2.23. The summed E-state index contributed by atoms with van der Waals surface area (Å²) in [6.07, 6.45) is 0. The number of primary amides is 1. The molecule has 10 heavy (non-hydrogen) atoms. The molecule has 0 aliphatic carbocycles. The Bertz CT molecular complexity index is 127. The third kappa shape index (κ3) is 1.83. The summed E-state index contributed by atoms with van der Waals surface area (Å²) in [5.41, 5.74) is 10.3. The van der Waals surface area contributed by atoms with Crippen LogP contribution in [-0.2, 0) is 9.53 Å². The van der Waals surface area contributed by atoms with Gasteiger partial charge in [0.25, 0.3) is 0 Å². The maximum atomic E-state index is 10.4. The zero-order chi connectivity index (χ0) is 6.85. The van der Waals surface area contributed by atoms with Crippen LogP contribution in [0.3, 0.4) is 0 Å². The molecular formula is C5H11ClN2O2. The van der Waals surface area contributed by atoms with Crippen molar-refractivity contribution in [3.05, 3.63) is 0 Å². The predicted octanol–water partition coefficient (Wildman–Crippen LogP) is -1.13. The van der Waals surface area contributed by atoms with Gasteiger partial charge in [-0.3, -0.25) is 4.79 Å². The van der Waals surface area contributed by atoms with Crippen molar-refractivity contribution in [1.29, 1.82) is 0 Å². The SMILES string of the molecule is Cl.NC(=O)C(N)C1COC1. The fourth-order valence-corrected chi connectivity index (χ4v) is 0.694. The normalized spacial score (nSPS) is 20.5. The van der Waals surface area contributed by atoms with E-state index in [1.54, 1.807) is 0 Å². The van der Waals surface area contributed by atoms with Crippen LogP contribution in [0.2, 0.25) is 0 Å². The number of rotatable bonds is 2. The summed E-state index contributed by atoms with van der Waals surface area (Å²) in [7, 11) is 0. The first-order valence-corrected chi connectivity index (χ1v) is 2.84. The average molecular weight is 167 g/mol. The van der Waals surface area contributed by atoms with Crippen molar-refractivity contribution in [3.8, 4) is 0 Å². The highest BCUT2D eigenvalue weighted by molar-refractivity contribution is 5.85. The predicted molar refractivity (Wildman–Crippen MR) is 38.7 cm³/mol. The number of amides is 1. The van der Waals surface area contributed by atoms with E-state index in [0.29, 0.717) is 13.2 Å². The summed E-state index contributed by atoms with van der Waals surface area (Å²) in [6, 6.07) is -0.515. The molecule has 1 amide bonds. The Morgan fingerprint density at radius 3 is 2.20 bits per heavy atom. The quantitative estimate of drug-likeness (QED) is 0.545. The summed E-state index contributed by atoms with van der Waals surface area (Å²) in [6.45, 7) is 1.15. The van der Waals surface area contributed by atoms with Crippen molar-refractivity contribution < 1.29 is 9.53 Å². The fourth-order valence-electron chi connectivity index (χ4n) is 0.694. The Hall–Kier alpha value is -0.320. The number of carbonyl (C=O) groups excluding carboxylic acids is 1. The number of carbonyl (C=O) groups is 1. The molecule has 1 saturated heterocycles. The van der Waals surface area contributed by atoms with Crippen LogP contribution >= 0.6 is 12.4 Å². The Balaban J connectivity index is 0.000000810. The molecule has 0 spiro atoms. The van der Waals surface area contributed by atoms with Crippen molar-refractivity contribution in [3.63, 3.8) is 0 Å². The lowest BCUT2D eigenvalue weighted by Crippen LogP contribution is -2.50. The molecule has 1 heterocycles. The average Bonchev–Trinajstić information content (AvgIpc) is 1.60. The first-order valence-electron chi connectivity index (χ1n) is 2.84. The van der Waals surface area contributed by atoms with Gasteiger partial charge in [-0.15, -0.1) is 12.4 Å². The minimum absolute atomic E-state index is 0. The standard InChI is InChI=1S/C5H10N2O2.ClH/c6-4(5(7)8)3-1-9-2-3;/h3-4H,1-2,6H2,(H2,7,8);1H. The van der Waals surface area contributed by atoms with Crippen LogP contribution in [0, 0.1) is 5.92 Å². The molecule has 5 heteroatoms. The number of hydrogen-bond acceptors (Lipinski definition) is 3. The van der Waals surface area contributed by atoms with Gasteiger partial charge in [0.2, 0.25) is 5.91 Å². The zero-order valence-electron chi connectivity index (χ0n) is 5.45. The smallest absolute Gasteiger partial charge is 0.234 e. The van der Waals surface area contributed by atoms with Crippen molar-refractivity contribution in [2.45, 2.75) is 6.04 Å². The monoisotopic (exact) mass is 166 g/mol. The van der Waals surface area contributed by atoms with E-state index in [9.17, 15) is 4.79 Å². The van der Waals surface area contributed by atoms with Gasteiger partial charge in [0.15, 0.2) is 0 Å². The van der Waals surface area contributed by atoms with Gasteiger partial charge in [0.1, 0.15) is 0 Å².